The van der Waals surface area contributed by atoms with Crippen LogP contribution in [0.4, 0.5) is 0 Å². The average molecular weight is 256 g/mol. The number of hydrogen-bond donors (Lipinski definition) is 1. The molecule has 1 fully saturated rings. The van der Waals surface area contributed by atoms with E-state index in [2.05, 4.69) is 28.9 Å². The first kappa shape index (κ1) is 12.9. The molecule has 4 heteroatoms. The Kier molecular flexibility index (Phi) is 3.79. The number of nitrogens with one attached hydrogen (secondary N) is 1. The summed E-state index contributed by atoms with van der Waals surface area (Å²) in [6, 6.07) is 0. The number of halogens is 1. The minimum atomic E-state index is 0.414. The predicted molar refractivity (Wildman–Crippen MR) is 71.6 cm³/mol. The first-order valence-electron chi connectivity index (χ1n) is 6.54. The molecular formula is C13H22ClN3. The van der Waals surface area contributed by atoms with E-state index in [-0.39, 0.29) is 0 Å². The molecule has 2 heterocycles. The highest BCUT2D eigenvalue weighted by Gasteiger charge is 2.37. The standard InChI is InChI=1S/C13H22ClN3/c1-4-6-13(8-15-9-13)7-11-12(14)10(3)16-17(11)5-2/h15H,4-9H2,1-3H3. The van der Waals surface area contributed by atoms with Crippen molar-refractivity contribution in [3.63, 3.8) is 0 Å². The molecule has 3 nitrogen and oxygen atoms in total. The van der Waals surface area contributed by atoms with Gasteiger partial charge in [-0.3, -0.25) is 4.68 Å². The van der Waals surface area contributed by atoms with Crippen molar-refractivity contribution in [1.82, 2.24) is 15.1 Å². The predicted octanol–water partition coefficient (Wildman–Crippen LogP) is 2.80. The minimum absolute atomic E-state index is 0.414. The summed E-state index contributed by atoms with van der Waals surface area (Å²) in [7, 11) is 0. The van der Waals surface area contributed by atoms with Crippen LogP contribution in [0.25, 0.3) is 0 Å². The lowest BCUT2D eigenvalue weighted by molar-refractivity contribution is 0.147. The van der Waals surface area contributed by atoms with Crippen molar-refractivity contribution in [2.24, 2.45) is 5.41 Å². The minimum Gasteiger partial charge on any atom is -0.316 e. The molecule has 0 aliphatic carbocycles. The van der Waals surface area contributed by atoms with Crippen molar-refractivity contribution in [3.05, 3.63) is 16.4 Å². The molecule has 0 atom stereocenters. The van der Waals surface area contributed by atoms with E-state index in [1.165, 1.54) is 18.5 Å². The Hall–Kier alpha value is -0.540. The second-order valence-corrected chi connectivity index (χ2v) is 5.57. The van der Waals surface area contributed by atoms with E-state index in [1.807, 2.05) is 6.92 Å². The maximum atomic E-state index is 6.38. The highest BCUT2D eigenvalue weighted by Crippen LogP contribution is 2.35. The molecule has 1 aromatic rings. The van der Waals surface area contributed by atoms with Crippen molar-refractivity contribution in [1.29, 1.82) is 0 Å². The Morgan fingerprint density at radius 1 is 1.41 bits per heavy atom. The zero-order valence-corrected chi connectivity index (χ0v) is 11.8. The molecule has 0 radical (unpaired) electrons. The van der Waals surface area contributed by atoms with Crippen molar-refractivity contribution in [3.8, 4) is 0 Å². The van der Waals surface area contributed by atoms with E-state index >= 15 is 0 Å². The molecule has 96 valence electrons. The highest BCUT2D eigenvalue weighted by atomic mass is 35.5. The number of nitrogens with zero attached hydrogens (tertiary/aromatic N) is 2. The molecule has 17 heavy (non-hydrogen) atoms. The summed E-state index contributed by atoms with van der Waals surface area (Å²) in [6.07, 6.45) is 3.56. The molecule has 1 aromatic heterocycles. The van der Waals surface area contributed by atoms with Crippen LogP contribution in [0.3, 0.4) is 0 Å². The van der Waals surface area contributed by atoms with Gasteiger partial charge < -0.3 is 5.32 Å². The van der Waals surface area contributed by atoms with E-state index in [4.69, 9.17) is 11.6 Å². The number of hydrogen-bond acceptors (Lipinski definition) is 2. The average Bonchev–Trinajstić information content (AvgIpc) is 2.53. The van der Waals surface area contributed by atoms with E-state index in [9.17, 15) is 0 Å². The number of aromatic nitrogens is 2. The fourth-order valence-corrected chi connectivity index (χ4v) is 2.99. The third kappa shape index (κ3) is 2.36. The van der Waals surface area contributed by atoms with Gasteiger partial charge in [0, 0.05) is 25.0 Å². The summed E-state index contributed by atoms with van der Waals surface area (Å²) < 4.78 is 2.06. The van der Waals surface area contributed by atoms with Crippen molar-refractivity contribution in [2.75, 3.05) is 13.1 Å². The summed E-state index contributed by atoms with van der Waals surface area (Å²) in [5.41, 5.74) is 2.60. The fourth-order valence-electron chi connectivity index (χ4n) is 2.79. The zero-order chi connectivity index (χ0) is 12.5. The Labute approximate surface area is 109 Å². The SMILES string of the molecule is CCCC1(Cc2c(Cl)c(C)nn2CC)CNC1. The number of rotatable bonds is 5. The van der Waals surface area contributed by atoms with Crippen LogP contribution in [0, 0.1) is 12.3 Å². The third-order valence-corrected chi connectivity index (χ3v) is 4.27. The molecule has 0 bridgehead atoms. The van der Waals surface area contributed by atoms with Crippen LogP contribution in [0.5, 0.6) is 0 Å². The second kappa shape index (κ2) is 4.99. The van der Waals surface area contributed by atoms with Gasteiger partial charge in [0.15, 0.2) is 0 Å². The largest absolute Gasteiger partial charge is 0.316 e. The Morgan fingerprint density at radius 2 is 2.12 bits per heavy atom. The summed E-state index contributed by atoms with van der Waals surface area (Å²) in [4.78, 5) is 0. The van der Waals surface area contributed by atoms with Crippen LogP contribution in [0.1, 0.15) is 38.1 Å². The quantitative estimate of drug-likeness (QED) is 0.877. The molecule has 1 aliphatic rings. The van der Waals surface area contributed by atoms with E-state index < -0.39 is 0 Å². The summed E-state index contributed by atoms with van der Waals surface area (Å²) >= 11 is 6.38. The van der Waals surface area contributed by atoms with Gasteiger partial charge in [-0.25, -0.2) is 0 Å². The summed E-state index contributed by atoms with van der Waals surface area (Å²) in [5.74, 6) is 0. The Balaban J connectivity index is 2.22. The number of aryl methyl sites for hydroxylation is 2. The lowest BCUT2D eigenvalue weighted by Crippen LogP contribution is -2.54. The van der Waals surface area contributed by atoms with E-state index in [1.54, 1.807) is 0 Å². The maximum Gasteiger partial charge on any atom is 0.0847 e. The lowest BCUT2D eigenvalue weighted by Gasteiger charge is -2.43. The van der Waals surface area contributed by atoms with Crippen LogP contribution >= 0.6 is 11.6 Å². The van der Waals surface area contributed by atoms with Gasteiger partial charge in [0.05, 0.1) is 16.4 Å². The fraction of sp³-hybridized carbons (Fsp3) is 0.769. The molecule has 1 N–H and O–H groups in total. The third-order valence-electron chi connectivity index (χ3n) is 3.78. The smallest absolute Gasteiger partial charge is 0.0847 e. The summed E-state index contributed by atoms with van der Waals surface area (Å²) in [6.45, 7) is 9.50. The molecule has 1 saturated heterocycles. The molecular weight excluding hydrogens is 234 g/mol. The van der Waals surface area contributed by atoms with Crippen LogP contribution in [-0.2, 0) is 13.0 Å². The van der Waals surface area contributed by atoms with Crippen molar-refractivity contribution >= 4 is 11.6 Å². The zero-order valence-electron chi connectivity index (χ0n) is 11.0. The normalized spacial score (nSPS) is 18.1. The van der Waals surface area contributed by atoms with E-state index in [0.717, 1.165) is 36.8 Å². The Bertz CT molecular complexity index is 394. The monoisotopic (exact) mass is 255 g/mol. The van der Waals surface area contributed by atoms with Gasteiger partial charge >= 0.3 is 0 Å². The lowest BCUT2D eigenvalue weighted by atomic mass is 9.74. The van der Waals surface area contributed by atoms with Crippen molar-refractivity contribution in [2.45, 2.75) is 46.6 Å². The molecule has 0 aromatic carbocycles. The van der Waals surface area contributed by atoms with Crippen molar-refractivity contribution < 1.29 is 0 Å². The molecule has 0 spiro atoms. The van der Waals surface area contributed by atoms with Gasteiger partial charge in [0.25, 0.3) is 0 Å². The highest BCUT2D eigenvalue weighted by molar-refractivity contribution is 6.31. The topological polar surface area (TPSA) is 29.9 Å². The van der Waals surface area contributed by atoms with Crippen LogP contribution in [0.2, 0.25) is 5.02 Å². The maximum absolute atomic E-state index is 6.38. The Morgan fingerprint density at radius 3 is 2.59 bits per heavy atom. The molecule has 2 rings (SSSR count). The van der Waals surface area contributed by atoms with Gasteiger partial charge in [0.1, 0.15) is 0 Å². The molecule has 0 unspecified atom stereocenters. The van der Waals surface area contributed by atoms with Gasteiger partial charge in [-0.2, -0.15) is 5.10 Å². The van der Waals surface area contributed by atoms with Gasteiger partial charge in [-0.15, -0.1) is 0 Å². The molecule has 0 amide bonds. The van der Waals surface area contributed by atoms with Gasteiger partial charge in [0.2, 0.25) is 0 Å². The first-order valence-corrected chi connectivity index (χ1v) is 6.92. The molecule has 0 saturated carbocycles. The summed E-state index contributed by atoms with van der Waals surface area (Å²) in [5, 5.41) is 8.76. The molecule has 1 aliphatic heterocycles. The van der Waals surface area contributed by atoms with Crippen LogP contribution in [0.15, 0.2) is 0 Å². The first-order chi connectivity index (χ1) is 8.12. The van der Waals surface area contributed by atoms with E-state index in [0.29, 0.717) is 5.41 Å². The second-order valence-electron chi connectivity index (χ2n) is 5.19. The van der Waals surface area contributed by atoms with Gasteiger partial charge in [-0.05, 0) is 26.7 Å². The van der Waals surface area contributed by atoms with Gasteiger partial charge in [-0.1, -0.05) is 24.9 Å². The van der Waals surface area contributed by atoms with Crippen LogP contribution in [-0.4, -0.2) is 22.9 Å². The van der Waals surface area contributed by atoms with Crippen LogP contribution < -0.4 is 5.32 Å².